The van der Waals surface area contributed by atoms with Crippen molar-refractivity contribution in [2.45, 2.75) is 44.3 Å². The number of hydrogen-bond donors (Lipinski definition) is 1. The summed E-state index contributed by atoms with van der Waals surface area (Å²) in [5, 5.41) is 9.74. The van der Waals surface area contributed by atoms with E-state index in [1.807, 2.05) is 0 Å². The number of aliphatic hydroxyl groups is 1. The van der Waals surface area contributed by atoms with Crippen molar-refractivity contribution in [3.8, 4) is 0 Å². The molecule has 0 saturated heterocycles. The molecule has 0 spiro atoms. The molecule has 23 heavy (non-hydrogen) atoms. The monoisotopic (exact) mass is 354 g/mol. The second kappa shape index (κ2) is 5.54. The standard InChI is InChI=1S/C14H20F2O6S/c15-11(16)23(19,20)22-12(18)21-8-14-4-9-1-10(5-14)3-13(2-9,6-14)7-17/h9-11,17H,1-8H2. The number of carbonyl (C=O) groups is 1. The highest BCUT2D eigenvalue weighted by atomic mass is 32.2. The number of aliphatic hydroxyl groups excluding tert-OH is 1. The van der Waals surface area contributed by atoms with Crippen LogP contribution in [0.1, 0.15) is 38.5 Å². The van der Waals surface area contributed by atoms with Crippen LogP contribution in [0.5, 0.6) is 0 Å². The summed E-state index contributed by atoms with van der Waals surface area (Å²) >= 11 is 0. The highest BCUT2D eigenvalue weighted by Gasteiger charge is 2.57. The molecule has 0 amide bonds. The molecule has 132 valence electrons. The molecule has 0 aromatic rings. The Balaban J connectivity index is 1.63. The smallest absolute Gasteiger partial charge is 0.433 e. The Bertz CT molecular complexity index is 576. The lowest BCUT2D eigenvalue weighted by Gasteiger charge is -2.61. The maximum Gasteiger partial charge on any atom is 0.524 e. The van der Waals surface area contributed by atoms with Crippen LogP contribution in [0.2, 0.25) is 0 Å². The summed E-state index contributed by atoms with van der Waals surface area (Å²) in [6.45, 7) is 0.0330. The van der Waals surface area contributed by atoms with Gasteiger partial charge in [-0.3, -0.25) is 0 Å². The van der Waals surface area contributed by atoms with Crippen molar-refractivity contribution >= 4 is 16.3 Å². The molecule has 0 radical (unpaired) electrons. The van der Waals surface area contributed by atoms with Crippen molar-refractivity contribution in [3.63, 3.8) is 0 Å². The molecule has 2 unspecified atom stereocenters. The first-order valence-electron chi connectivity index (χ1n) is 7.67. The average Bonchev–Trinajstić information content (AvgIpc) is 2.43. The van der Waals surface area contributed by atoms with Crippen LogP contribution >= 0.6 is 0 Å². The van der Waals surface area contributed by atoms with Gasteiger partial charge in [-0.15, -0.1) is 0 Å². The normalized spacial score (nSPS) is 38.8. The van der Waals surface area contributed by atoms with Gasteiger partial charge in [-0.05, 0) is 55.8 Å². The molecule has 9 heteroatoms. The van der Waals surface area contributed by atoms with Gasteiger partial charge in [0.05, 0.1) is 0 Å². The maximum atomic E-state index is 12.2. The fraction of sp³-hybridized carbons (Fsp3) is 0.929. The van der Waals surface area contributed by atoms with Crippen molar-refractivity contribution in [3.05, 3.63) is 0 Å². The van der Waals surface area contributed by atoms with Crippen molar-refractivity contribution in [2.75, 3.05) is 13.2 Å². The zero-order valence-electron chi connectivity index (χ0n) is 12.5. The molecule has 4 aliphatic rings. The fourth-order valence-electron chi connectivity index (χ4n) is 5.37. The number of halogens is 2. The van der Waals surface area contributed by atoms with Crippen LogP contribution in [0.25, 0.3) is 0 Å². The molecular formula is C14H20F2O6S. The van der Waals surface area contributed by atoms with Gasteiger partial charge in [-0.25, -0.2) is 4.79 Å². The SMILES string of the molecule is O=C(OCC12CC3CC(CC(CO)(C3)C1)C2)OS(=O)(=O)C(F)F. The Morgan fingerprint density at radius 2 is 1.74 bits per heavy atom. The molecule has 0 aromatic carbocycles. The van der Waals surface area contributed by atoms with Crippen LogP contribution in [0.3, 0.4) is 0 Å². The lowest BCUT2D eigenvalue weighted by atomic mass is 9.44. The highest BCUT2D eigenvalue weighted by molar-refractivity contribution is 7.87. The third kappa shape index (κ3) is 3.17. The summed E-state index contributed by atoms with van der Waals surface area (Å²) in [6.07, 6.45) is 3.82. The number of ether oxygens (including phenoxy) is 1. The van der Waals surface area contributed by atoms with E-state index in [1.54, 1.807) is 0 Å². The van der Waals surface area contributed by atoms with Gasteiger partial charge in [0.25, 0.3) is 0 Å². The Hall–Kier alpha value is -0.960. The van der Waals surface area contributed by atoms with Crippen LogP contribution in [0.4, 0.5) is 13.6 Å². The molecule has 0 aromatic heterocycles. The van der Waals surface area contributed by atoms with E-state index in [0.717, 1.165) is 32.1 Å². The lowest BCUT2D eigenvalue weighted by Crippen LogP contribution is -2.55. The average molecular weight is 354 g/mol. The van der Waals surface area contributed by atoms with Gasteiger partial charge >= 0.3 is 22.0 Å². The summed E-state index contributed by atoms with van der Waals surface area (Å²) in [7, 11) is -5.24. The number of alkyl halides is 2. The van der Waals surface area contributed by atoms with Gasteiger partial charge in [-0.2, -0.15) is 17.2 Å². The van der Waals surface area contributed by atoms with Gasteiger partial charge in [0.1, 0.15) is 6.61 Å². The summed E-state index contributed by atoms with van der Waals surface area (Å²) < 4.78 is 54.6. The van der Waals surface area contributed by atoms with Crippen molar-refractivity contribution in [1.82, 2.24) is 0 Å². The number of rotatable bonds is 5. The first kappa shape index (κ1) is 16.9. The molecular weight excluding hydrogens is 334 g/mol. The van der Waals surface area contributed by atoms with Crippen LogP contribution in [0.15, 0.2) is 0 Å². The van der Waals surface area contributed by atoms with Gasteiger partial charge in [0.2, 0.25) is 0 Å². The Kier molecular flexibility index (Phi) is 4.07. The summed E-state index contributed by atoms with van der Waals surface area (Å²) in [5.41, 5.74) is -0.452. The second-order valence-electron chi connectivity index (χ2n) is 7.49. The predicted molar refractivity (Wildman–Crippen MR) is 74.0 cm³/mol. The molecule has 0 aliphatic heterocycles. The molecule has 1 N–H and O–H groups in total. The van der Waals surface area contributed by atoms with Crippen LogP contribution in [-0.2, 0) is 19.0 Å². The first-order chi connectivity index (χ1) is 10.7. The first-order valence-corrected chi connectivity index (χ1v) is 9.14. The van der Waals surface area contributed by atoms with E-state index in [4.69, 9.17) is 4.74 Å². The highest BCUT2D eigenvalue weighted by Crippen LogP contribution is 2.65. The minimum absolute atomic E-state index is 0.0562. The topological polar surface area (TPSA) is 89.9 Å². The van der Waals surface area contributed by atoms with Crippen LogP contribution in [0, 0.1) is 22.7 Å². The summed E-state index contributed by atoms with van der Waals surface area (Å²) in [6, 6.07) is 0. The van der Waals surface area contributed by atoms with E-state index in [0.29, 0.717) is 18.3 Å². The number of hydrogen-bond acceptors (Lipinski definition) is 6. The lowest BCUT2D eigenvalue weighted by molar-refractivity contribution is -0.147. The molecule has 4 rings (SSSR count). The minimum atomic E-state index is -5.24. The molecule has 6 nitrogen and oxygen atoms in total. The van der Waals surface area contributed by atoms with Crippen molar-refractivity contribution in [1.29, 1.82) is 0 Å². The molecule has 4 saturated carbocycles. The zero-order chi connectivity index (χ0) is 16.9. The van der Waals surface area contributed by atoms with Crippen LogP contribution in [-0.4, -0.2) is 38.7 Å². The predicted octanol–water partition coefficient (Wildman–Crippen LogP) is 2.27. The van der Waals surface area contributed by atoms with Gasteiger partial charge in [-0.1, -0.05) is 0 Å². The van der Waals surface area contributed by atoms with E-state index in [9.17, 15) is 27.1 Å². The Labute approximate surface area is 133 Å². The van der Waals surface area contributed by atoms with Gasteiger partial charge in [0.15, 0.2) is 0 Å². The third-order valence-corrected chi connectivity index (χ3v) is 6.34. The van der Waals surface area contributed by atoms with Gasteiger partial charge < -0.3 is 14.0 Å². The van der Waals surface area contributed by atoms with Crippen molar-refractivity contribution in [2.24, 2.45) is 22.7 Å². The van der Waals surface area contributed by atoms with Crippen molar-refractivity contribution < 1.29 is 36.0 Å². The largest absolute Gasteiger partial charge is 0.524 e. The Morgan fingerprint density at radius 3 is 2.26 bits per heavy atom. The van der Waals surface area contributed by atoms with E-state index in [-0.39, 0.29) is 24.0 Å². The van der Waals surface area contributed by atoms with E-state index in [1.165, 1.54) is 0 Å². The molecule has 4 fully saturated rings. The minimum Gasteiger partial charge on any atom is -0.433 e. The number of carbonyl (C=O) groups excluding carboxylic acids is 1. The fourth-order valence-corrected chi connectivity index (χ4v) is 5.68. The molecule has 4 bridgehead atoms. The molecule has 0 heterocycles. The second-order valence-corrected chi connectivity index (χ2v) is 9.00. The maximum absolute atomic E-state index is 12.2. The summed E-state index contributed by atoms with van der Waals surface area (Å²) in [4.78, 5) is 11.4. The van der Waals surface area contributed by atoms with Crippen LogP contribution < -0.4 is 0 Å². The van der Waals surface area contributed by atoms with E-state index >= 15 is 0 Å². The van der Waals surface area contributed by atoms with E-state index < -0.39 is 22.0 Å². The molecule has 2 atom stereocenters. The van der Waals surface area contributed by atoms with Gasteiger partial charge in [0, 0.05) is 12.0 Å². The molecule has 4 aliphatic carbocycles. The Morgan fingerprint density at radius 1 is 1.17 bits per heavy atom. The quantitative estimate of drug-likeness (QED) is 0.602. The third-order valence-electron chi connectivity index (χ3n) is 5.54. The zero-order valence-corrected chi connectivity index (χ0v) is 13.4. The van der Waals surface area contributed by atoms with E-state index in [2.05, 4.69) is 4.18 Å². The summed E-state index contributed by atoms with van der Waals surface area (Å²) in [5.74, 6) is -2.85.